The Labute approximate surface area is 115 Å². The summed E-state index contributed by atoms with van der Waals surface area (Å²) in [6.07, 6.45) is 3.48. The van der Waals surface area contributed by atoms with Gasteiger partial charge in [-0.2, -0.15) is 0 Å². The monoisotopic (exact) mass is 274 g/mol. The van der Waals surface area contributed by atoms with Crippen LogP contribution in [0, 0.1) is 10.1 Å². The minimum absolute atomic E-state index is 0.130. The predicted molar refractivity (Wildman–Crippen MR) is 76.7 cm³/mol. The van der Waals surface area contributed by atoms with E-state index in [0.717, 1.165) is 12.1 Å². The number of aryl methyl sites for hydroxylation is 1. The highest BCUT2D eigenvalue weighted by atomic mass is 32.1. The molecule has 0 spiro atoms. The van der Waals surface area contributed by atoms with E-state index < -0.39 is 0 Å². The second kappa shape index (κ2) is 5.01. The fourth-order valence-electron chi connectivity index (χ4n) is 2.52. The van der Waals surface area contributed by atoms with Crippen LogP contribution in [0.5, 0.6) is 0 Å². The van der Waals surface area contributed by atoms with Crippen molar-refractivity contribution in [3.8, 4) is 0 Å². The van der Waals surface area contributed by atoms with Crippen molar-refractivity contribution in [2.75, 3.05) is 5.32 Å². The molecule has 0 amide bonds. The van der Waals surface area contributed by atoms with Gasteiger partial charge in [0, 0.05) is 22.7 Å². The fraction of sp³-hybridized carbons (Fsp3) is 0.286. The summed E-state index contributed by atoms with van der Waals surface area (Å²) in [7, 11) is 0. The van der Waals surface area contributed by atoms with Gasteiger partial charge in [0.25, 0.3) is 5.69 Å². The number of nitro benzene ring substituents is 1. The molecule has 0 radical (unpaired) electrons. The average molecular weight is 274 g/mol. The molecule has 1 unspecified atom stereocenters. The van der Waals surface area contributed by atoms with Crippen molar-refractivity contribution in [1.82, 2.24) is 0 Å². The van der Waals surface area contributed by atoms with E-state index >= 15 is 0 Å². The number of nitrogens with one attached hydrogen (secondary N) is 1. The van der Waals surface area contributed by atoms with Gasteiger partial charge in [-0.25, -0.2) is 0 Å². The Hall–Kier alpha value is -1.88. The molecule has 1 aromatic carbocycles. The Morgan fingerprint density at radius 3 is 2.79 bits per heavy atom. The Balaban J connectivity index is 1.78. The fourth-order valence-corrected chi connectivity index (χ4v) is 3.50. The van der Waals surface area contributed by atoms with Crippen LogP contribution < -0.4 is 5.32 Å². The number of nitrogens with zero attached hydrogens (tertiary/aromatic N) is 1. The van der Waals surface area contributed by atoms with Crippen molar-refractivity contribution >= 4 is 22.7 Å². The number of benzene rings is 1. The first-order valence-corrected chi connectivity index (χ1v) is 7.19. The lowest BCUT2D eigenvalue weighted by atomic mass is 9.94. The second-order valence-corrected chi connectivity index (χ2v) is 5.69. The van der Waals surface area contributed by atoms with E-state index in [1.807, 2.05) is 11.3 Å². The van der Waals surface area contributed by atoms with Crippen LogP contribution in [-0.2, 0) is 6.42 Å². The summed E-state index contributed by atoms with van der Waals surface area (Å²) >= 11 is 1.82. The minimum Gasteiger partial charge on any atom is -0.378 e. The first kappa shape index (κ1) is 12.2. The summed E-state index contributed by atoms with van der Waals surface area (Å²) in [5.41, 5.74) is 2.45. The van der Waals surface area contributed by atoms with Crippen LogP contribution in [0.2, 0.25) is 0 Å². The highest BCUT2D eigenvalue weighted by Crippen LogP contribution is 2.35. The quantitative estimate of drug-likeness (QED) is 0.675. The van der Waals surface area contributed by atoms with Crippen molar-refractivity contribution in [3.63, 3.8) is 0 Å². The van der Waals surface area contributed by atoms with Gasteiger partial charge in [0.2, 0.25) is 0 Å². The Bertz CT molecular complexity index is 592. The molecule has 19 heavy (non-hydrogen) atoms. The maximum absolute atomic E-state index is 10.6. The number of rotatable bonds is 3. The van der Waals surface area contributed by atoms with Gasteiger partial charge < -0.3 is 5.32 Å². The summed E-state index contributed by atoms with van der Waals surface area (Å²) in [5.74, 6) is 0. The Morgan fingerprint density at radius 2 is 2.05 bits per heavy atom. The van der Waals surface area contributed by atoms with Gasteiger partial charge in [-0.3, -0.25) is 10.1 Å². The minimum atomic E-state index is -0.374. The van der Waals surface area contributed by atoms with E-state index in [2.05, 4.69) is 16.8 Å². The number of nitro groups is 1. The molecule has 1 aromatic heterocycles. The maximum atomic E-state index is 10.6. The molecule has 0 saturated carbocycles. The van der Waals surface area contributed by atoms with Gasteiger partial charge in [-0.1, -0.05) is 0 Å². The summed E-state index contributed by atoms with van der Waals surface area (Å²) in [4.78, 5) is 11.7. The first-order chi connectivity index (χ1) is 9.24. The largest absolute Gasteiger partial charge is 0.378 e. The second-order valence-electron chi connectivity index (χ2n) is 4.69. The summed E-state index contributed by atoms with van der Waals surface area (Å²) in [5, 5.41) is 16.2. The van der Waals surface area contributed by atoms with Gasteiger partial charge in [0.15, 0.2) is 0 Å². The number of hydrogen-bond acceptors (Lipinski definition) is 4. The summed E-state index contributed by atoms with van der Waals surface area (Å²) in [6, 6.07) is 9.15. The van der Waals surface area contributed by atoms with Gasteiger partial charge in [-0.05, 0) is 48.4 Å². The molecule has 5 heteroatoms. The molecule has 1 aliphatic rings. The third-order valence-corrected chi connectivity index (χ3v) is 4.47. The molecule has 0 aliphatic heterocycles. The molecule has 1 N–H and O–H groups in total. The molecule has 1 heterocycles. The predicted octanol–water partition coefficient (Wildman–Crippen LogP) is 4.15. The Kier molecular flexibility index (Phi) is 3.21. The lowest BCUT2D eigenvalue weighted by molar-refractivity contribution is -0.384. The molecule has 0 saturated heterocycles. The molecule has 2 aromatic rings. The van der Waals surface area contributed by atoms with Crippen molar-refractivity contribution < 1.29 is 4.92 Å². The van der Waals surface area contributed by atoms with Gasteiger partial charge >= 0.3 is 0 Å². The number of thiophene rings is 1. The molecule has 4 nitrogen and oxygen atoms in total. The van der Waals surface area contributed by atoms with E-state index in [1.54, 1.807) is 24.3 Å². The molecule has 1 atom stereocenters. The number of non-ortho nitro benzene ring substituents is 1. The molecule has 0 bridgehead atoms. The lowest BCUT2D eigenvalue weighted by Gasteiger charge is -2.24. The van der Waals surface area contributed by atoms with Crippen LogP contribution in [-0.4, -0.2) is 4.92 Å². The van der Waals surface area contributed by atoms with Crippen LogP contribution in [0.15, 0.2) is 35.7 Å². The van der Waals surface area contributed by atoms with Crippen molar-refractivity contribution in [3.05, 3.63) is 56.3 Å². The highest BCUT2D eigenvalue weighted by molar-refractivity contribution is 7.10. The van der Waals surface area contributed by atoms with Crippen LogP contribution in [0.3, 0.4) is 0 Å². The van der Waals surface area contributed by atoms with Crippen molar-refractivity contribution in [1.29, 1.82) is 0 Å². The van der Waals surface area contributed by atoms with E-state index in [0.29, 0.717) is 6.04 Å². The van der Waals surface area contributed by atoms with E-state index in [4.69, 9.17) is 0 Å². The number of hydrogen-bond donors (Lipinski definition) is 1. The molecule has 98 valence electrons. The van der Waals surface area contributed by atoms with Crippen molar-refractivity contribution in [2.45, 2.75) is 25.3 Å². The lowest BCUT2D eigenvalue weighted by Crippen LogP contribution is -2.15. The topological polar surface area (TPSA) is 55.2 Å². The van der Waals surface area contributed by atoms with Crippen molar-refractivity contribution in [2.24, 2.45) is 0 Å². The Morgan fingerprint density at radius 1 is 1.26 bits per heavy atom. The zero-order valence-electron chi connectivity index (χ0n) is 10.3. The third-order valence-electron chi connectivity index (χ3n) is 3.47. The SMILES string of the molecule is O=[N+]([O-])c1ccc(NC2CCCc3sccc32)cc1. The maximum Gasteiger partial charge on any atom is 0.269 e. The van der Waals surface area contributed by atoms with Crippen LogP contribution in [0.4, 0.5) is 11.4 Å². The van der Waals surface area contributed by atoms with E-state index in [9.17, 15) is 10.1 Å². The van der Waals surface area contributed by atoms with Crippen LogP contribution in [0.25, 0.3) is 0 Å². The van der Waals surface area contributed by atoms with Crippen LogP contribution in [0.1, 0.15) is 29.3 Å². The smallest absolute Gasteiger partial charge is 0.269 e. The standard InChI is InChI=1S/C14H14N2O2S/c17-16(18)11-6-4-10(5-7-11)15-13-2-1-3-14-12(13)8-9-19-14/h4-9,13,15H,1-3H2. The number of fused-ring (bicyclic) bond motifs is 1. The van der Waals surface area contributed by atoms with Gasteiger partial charge in [0.1, 0.15) is 0 Å². The third kappa shape index (κ3) is 2.46. The molecular formula is C14H14N2O2S. The zero-order valence-corrected chi connectivity index (χ0v) is 11.2. The van der Waals surface area contributed by atoms with E-state index in [-0.39, 0.29) is 10.6 Å². The first-order valence-electron chi connectivity index (χ1n) is 6.31. The summed E-state index contributed by atoms with van der Waals surface area (Å²) < 4.78 is 0. The summed E-state index contributed by atoms with van der Waals surface area (Å²) in [6.45, 7) is 0. The van der Waals surface area contributed by atoms with Gasteiger partial charge in [-0.15, -0.1) is 11.3 Å². The van der Waals surface area contributed by atoms with Crippen LogP contribution >= 0.6 is 11.3 Å². The molecule has 3 rings (SSSR count). The molecule has 0 fully saturated rings. The van der Waals surface area contributed by atoms with Gasteiger partial charge in [0.05, 0.1) is 11.0 Å². The normalized spacial score (nSPS) is 17.8. The average Bonchev–Trinajstić information content (AvgIpc) is 2.89. The highest BCUT2D eigenvalue weighted by Gasteiger charge is 2.21. The number of anilines is 1. The molecular weight excluding hydrogens is 260 g/mol. The van der Waals surface area contributed by atoms with E-state index in [1.165, 1.54) is 23.3 Å². The zero-order chi connectivity index (χ0) is 13.2. The molecule has 1 aliphatic carbocycles.